The van der Waals surface area contributed by atoms with Crippen molar-refractivity contribution in [2.75, 3.05) is 6.61 Å². The minimum atomic E-state index is 0.260. The summed E-state index contributed by atoms with van der Waals surface area (Å²) in [5, 5.41) is 12.0. The molecule has 1 rings (SSSR count). The zero-order valence-electron chi connectivity index (χ0n) is 5.93. The second kappa shape index (κ2) is 3.18. The van der Waals surface area contributed by atoms with Crippen LogP contribution in [-0.2, 0) is 0 Å². The van der Waals surface area contributed by atoms with Gasteiger partial charge >= 0.3 is 0 Å². The summed E-state index contributed by atoms with van der Waals surface area (Å²) >= 11 is 0. The quantitative estimate of drug-likeness (QED) is 0.582. The fourth-order valence-corrected chi connectivity index (χ4v) is 1.03. The lowest BCUT2D eigenvalue weighted by Gasteiger charge is -2.29. The number of nitrogens with one attached hydrogen (secondary N) is 1. The molecule has 1 saturated carbocycles. The first-order chi connectivity index (χ1) is 4.33. The molecule has 0 aromatic heterocycles. The van der Waals surface area contributed by atoms with Crippen molar-refractivity contribution in [3.63, 3.8) is 0 Å². The van der Waals surface area contributed by atoms with Gasteiger partial charge < -0.3 is 10.4 Å². The highest BCUT2D eigenvalue weighted by atomic mass is 16.3. The van der Waals surface area contributed by atoms with Gasteiger partial charge in [0, 0.05) is 12.1 Å². The lowest BCUT2D eigenvalue weighted by atomic mass is 9.92. The predicted molar refractivity (Wildman–Crippen MR) is 37.3 cm³/mol. The molecule has 1 fully saturated rings. The molecule has 1 atom stereocenters. The van der Waals surface area contributed by atoms with Gasteiger partial charge in [-0.15, -0.1) is 0 Å². The van der Waals surface area contributed by atoms with Crippen molar-refractivity contribution in [2.45, 2.75) is 38.3 Å². The van der Waals surface area contributed by atoms with Crippen molar-refractivity contribution < 1.29 is 5.11 Å². The van der Waals surface area contributed by atoms with Crippen LogP contribution in [0.15, 0.2) is 0 Å². The van der Waals surface area contributed by atoms with Crippen LogP contribution in [0.1, 0.15) is 26.2 Å². The first kappa shape index (κ1) is 7.03. The Bertz CT molecular complexity index is 78.2. The van der Waals surface area contributed by atoms with E-state index >= 15 is 0 Å². The third-order valence-corrected chi connectivity index (χ3v) is 1.90. The minimum absolute atomic E-state index is 0.260. The molecule has 0 radical (unpaired) electrons. The summed E-state index contributed by atoms with van der Waals surface area (Å²) < 4.78 is 0. The highest BCUT2D eigenvalue weighted by molar-refractivity contribution is 4.78. The molecule has 0 spiro atoms. The van der Waals surface area contributed by atoms with E-state index in [9.17, 15) is 0 Å². The van der Waals surface area contributed by atoms with Crippen LogP contribution in [0.5, 0.6) is 0 Å². The normalized spacial score (nSPS) is 23.3. The summed E-state index contributed by atoms with van der Waals surface area (Å²) in [6.45, 7) is 2.27. The van der Waals surface area contributed by atoms with E-state index in [0.717, 1.165) is 0 Å². The Kier molecular flexibility index (Phi) is 2.49. The van der Waals surface area contributed by atoms with E-state index in [2.05, 4.69) is 5.32 Å². The maximum Gasteiger partial charge on any atom is 0.0582 e. The van der Waals surface area contributed by atoms with Gasteiger partial charge in [-0.1, -0.05) is 6.42 Å². The minimum Gasteiger partial charge on any atom is -0.395 e. The molecule has 0 heterocycles. The molecular formula is C7H15NO. The molecule has 0 amide bonds. The van der Waals surface area contributed by atoms with Crippen LogP contribution in [0.2, 0.25) is 0 Å². The van der Waals surface area contributed by atoms with E-state index < -0.39 is 0 Å². The fourth-order valence-electron chi connectivity index (χ4n) is 1.03. The summed E-state index contributed by atoms with van der Waals surface area (Å²) in [5.41, 5.74) is 0. The predicted octanol–water partition coefficient (Wildman–Crippen LogP) is 0.509. The summed E-state index contributed by atoms with van der Waals surface area (Å²) in [4.78, 5) is 0. The molecule has 54 valence electrons. The topological polar surface area (TPSA) is 32.3 Å². The number of rotatable bonds is 3. The van der Waals surface area contributed by atoms with Crippen LogP contribution < -0.4 is 5.32 Å². The van der Waals surface area contributed by atoms with Gasteiger partial charge in [0.25, 0.3) is 0 Å². The highest BCUT2D eigenvalue weighted by Crippen LogP contribution is 2.18. The maximum absolute atomic E-state index is 8.64. The molecule has 1 aliphatic carbocycles. The number of aliphatic hydroxyl groups excluding tert-OH is 1. The van der Waals surface area contributed by atoms with Crippen LogP contribution in [-0.4, -0.2) is 23.8 Å². The van der Waals surface area contributed by atoms with E-state index in [-0.39, 0.29) is 12.6 Å². The van der Waals surface area contributed by atoms with Gasteiger partial charge in [0.1, 0.15) is 0 Å². The average molecular weight is 129 g/mol. The summed E-state index contributed by atoms with van der Waals surface area (Å²) in [5.74, 6) is 0. The number of aliphatic hydroxyl groups is 1. The molecule has 2 N–H and O–H groups in total. The Hall–Kier alpha value is -0.0800. The summed E-state index contributed by atoms with van der Waals surface area (Å²) in [7, 11) is 0. The zero-order chi connectivity index (χ0) is 6.69. The van der Waals surface area contributed by atoms with Crippen molar-refractivity contribution in [1.29, 1.82) is 0 Å². The third-order valence-electron chi connectivity index (χ3n) is 1.90. The van der Waals surface area contributed by atoms with E-state index in [1.165, 1.54) is 19.3 Å². The smallest absolute Gasteiger partial charge is 0.0582 e. The Morgan fingerprint density at radius 3 is 2.67 bits per heavy atom. The monoisotopic (exact) mass is 129 g/mol. The Labute approximate surface area is 56.3 Å². The molecule has 0 bridgehead atoms. The average Bonchev–Trinajstić information content (AvgIpc) is 1.78. The van der Waals surface area contributed by atoms with Crippen LogP contribution >= 0.6 is 0 Å². The molecule has 0 aliphatic heterocycles. The maximum atomic E-state index is 8.64. The van der Waals surface area contributed by atoms with E-state index in [0.29, 0.717) is 6.04 Å². The number of hydrogen-bond donors (Lipinski definition) is 2. The summed E-state index contributed by atoms with van der Waals surface area (Å²) in [6, 6.07) is 0.988. The Balaban J connectivity index is 2.01. The van der Waals surface area contributed by atoms with Gasteiger partial charge in [0.2, 0.25) is 0 Å². The van der Waals surface area contributed by atoms with Gasteiger partial charge in [0.15, 0.2) is 0 Å². The largest absolute Gasteiger partial charge is 0.395 e. The second-order valence-electron chi connectivity index (χ2n) is 2.88. The molecule has 0 saturated heterocycles. The molecule has 0 aromatic carbocycles. The third kappa shape index (κ3) is 1.95. The van der Waals surface area contributed by atoms with Crippen LogP contribution in [0, 0.1) is 0 Å². The highest BCUT2D eigenvalue weighted by Gasteiger charge is 2.17. The molecular weight excluding hydrogens is 114 g/mol. The molecule has 1 unspecified atom stereocenters. The fraction of sp³-hybridized carbons (Fsp3) is 1.00. The van der Waals surface area contributed by atoms with Crippen molar-refractivity contribution in [2.24, 2.45) is 0 Å². The van der Waals surface area contributed by atoms with E-state index in [1.807, 2.05) is 6.92 Å². The number of hydrogen-bond acceptors (Lipinski definition) is 2. The van der Waals surface area contributed by atoms with Crippen LogP contribution in [0.4, 0.5) is 0 Å². The molecule has 9 heavy (non-hydrogen) atoms. The first-order valence-corrected chi connectivity index (χ1v) is 3.70. The standard InChI is InChI=1S/C7H15NO/c1-6(5-9)8-7-3-2-4-7/h6-9H,2-5H2,1H3. The van der Waals surface area contributed by atoms with Gasteiger partial charge in [0.05, 0.1) is 6.61 Å². The lowest BCUT2D eigenvalue weighted by molar-refractivity contribution is 0.217. The van der Waals surface area contributed by atoms with Crippen LogP contribution in [0.3, 0.4) is 0 Å². The van der Waals surface area contributed by atoms with Crippen molar-refractivity contribution in [3.8, 4) is 0 Å². The van der Waals surface area contributed by atoms with Gasteiger partial charge in [-0.2, -0.15) is 0 Å². The Morgan fingerprint density at radius 2 is 2.33 bits per heavy atom. The van der Waals surface area contributed by atoms with Crippen molar-refractivity contribution in [3.05, 3.63) is 0 Å². The van der Waals surface area contributed by atoms with Crippen molar-refractivity contribution in [1.82, 2.24) is 5.32 Å². The lowest BCUT2D eigenvalue weighted by Crippen LogP contribution is -2.42. The first-order valence-electron chi connectivity index (χ1n) is 3.70. The van der Waals surface area contributed by atoms with Gasteiger partial charge in [-0.25, -0.2) is 0 Å². The zero-order valence-corrected chi connectivity index (χ0v) is 5.93. The molecule has 2 heteroatoms. The Morgan fingerprint density at radius 1 is 1.67 bits per heavy atom. The molecule has 0 aromatic rings. The molecule has 1 aliphatic rings. The van der Waals surface area contributed by atoms with Crippen LogP contribution in [0.25, 0.3) is 0 Å². The summed E-state index contributed by atoms with van der Waals surface area (Å²) in [6.07, 6.45) is 3.95. The van der Waals surface area contributed by atoms with Gasteiger partial charge in [-0.05, 0) is 19.8 Å². The van der Waals surface area contributed by atoms with Gasteiger partial charge in [-0.3, -0.25) is 0 Å². The SMILES string of the molecule is CC(CO)NC1CCC1. The van der Waals surface area contributed by atoms with E-state index in [1.54, 1.807) is 0 Å². The van der Waals surface area contributed by atoms with Crippen molar-refractivity contribution >= 4 is 0 Å². The molecule has 2 nitrogen and oxygen atoms in total. The second-order valence-corrected chi connectivity index (χ2v) is 2.88. The van der Waals surface area contributed by atoms with E-state index in [4.69, 9.17) is 5.11 Å².